The molecular formula is C21H29FN2O3. The van der Waals surface area contributed by atoms with E-state index in [2.05, 4.69) is 12.2 Å². The lowest BCUT2D eigenvalue weighted by Crippen LogP contribution is -2.57. The number of hydrogen-bond acceptors (Lipinski definition) is 3. The molecule has 5 nitrogen and oxygen atoms in total. The lowest BCUT2D eigenvalue weighted by atomic mass is 9.83. The maximum Gasteiger partial charge on any atom is 0.259 e. The van der Waals surface area contributed by atoms with E-state index in [1.165, 1.54) is 17.0 Å². The van der Waals surface area contributed by atoms with Gasteiger partial charge in [0, 0.05) is 6.04 Å². The number of ether oxygens (including phenoxy) is 1. The molecule has 148 valence electrons. The Morgan fingerprint density at radius 2 is 2.00 bits per heavy atom. The quantitative estimate of drug-likeness (QED) is 0.875. The first-order valence-electron chi connectivity index (χ1n) is 9.90. The van der Waals surface area contributed by atoms with Crippen molar-refractivity contribution in [1.82, 2.24) is 10.2 Å². The van der Waals surface area contributed by atoms with Crippen LogP contribution >= 0.6 is 0 Å². The fourth-order valence-corrected chi connectivity index (χ4v) is 3.99. The number of nitrogens with one attached hydrogen (secondary N) is 1. The lowest BCUT2D eigenvalue weighted by Gasteiger charge is -2.43. The molecule has 1 aromatic rings. The first kappa shape index (κ1) is 19.8. The summed E-state index contributed by atoms with van der Waals surface area (Å²) in [6.07, 6.45) is 3.97. The first-order valence-corrected chi connectivity index (χ1v) is 9.90. The highest BCUT2D eigenvalue weighted by Gasteiger charge is 2.53. The predicted molar refractivity (Wildman–Crippen MR) is 101 cm³/mol. The number of halogens is 1. The number of amides is 2. The second-order valence-electron chi connectivity index (χ2n) is 7.93. The van der Waals surface area contributed by atoms with Crippen LogP contribution in [0.15, 0.2) is 24.3 Å². The summed E-state index contributed by atoms with van der Waals surface area (Å²) < 4.78 is 20.4. The largest absolute Gasteiger partial charge is 0.353 e. The molecule has 1 heterocycles. The number of hydrogen-bond donors (Lipinski definition) is 1. The minimum atomic E-state index is -0.816. The van der Waals surface area contributed by atoms with Crippen molar-refractivity contribution >= 4 is 11.8 Å². The maximum atomic E-state index is 14.3. The van der Waals surface area contributed by atoms with E-state index in [4.69, 9.17) is 4.74 Å². The van der Waals surface area contributed by atoms with E-state index in [9.17, 15) is 14.0 Å². The van der Waals surface area contributed by atoms with Gasteiger partial charge in [-0.15, -0.1) is 0 Å². The normalized spacial score (nSPS) is 29.0. The predicted octanol–water partition coefficient (Wildman–Crippen LogP) is 3.49. The van der Waals surface area contributed by atoms with E-state index < -0.39 is 23.5 Å². The van der Waals surface area contributed by atoms with Crippen molar-refractivity contribution < 1.29 is 18.7 Å². The van der Waals surface area contributed by atoms with Crippen LogP contribution in [0.4, 0.5) is 4.39 Å². The van der Waals surface area contributed by atoms with Gasteiger partial charge in [-0.2, -0.15) is 0 Å². The number of benzene rings is 1. The first-order chi connectivity index (χ1) is 12.9. The summed E-state index contributed by atoms with van der Waals surface area (Å²) in [5.41, 5.74) is -0.828. The van der Waals surface area contributed by atoms with Gasteiger partial charge in [-0.3, -0.25) is 14.5 Å². The molecule has 2 aliphatic rings. The van der Waals surface area contributed by atoms with Crippen LogP contribution in [0.1, 0.15) is 63.2 Å². The van der Waals surface area contributed by atoms with Crippen molar-refractivity contribution in [3.63, 3.8) is 0 Å². The van der Waals surface area contributed by atoms with Crippen LogP contribution < -0.4 is 5.32 Å². The third-order valence-corrected chi connectivity index (χ3v) is 5.94. The van der Waals surface area contributed by atoms with Crippen molar-refractivity contribution in [2.75, 3.05) is 6.61 Å². The van der Waals surface area contributed by atoms with Crippen molar-refractivity contribution in [2.24, 2.45) is 5.92 Å². The zero-order valence-electron chi connectivity index (χ0n) is 16.3. The third kappa shape index (κ3) is 3.86. The van der Waals surface area contributed by atoms with Crippen molar-refractivity contribution in [1.29, 1.82) is 0 Å². The molecule has 1 aliphatic carbocycles. The van der Waals surface area contributed by atoms with Gasteiger partial charge in [-0.25, -0.2) is 4.39 Å². The van der Waals surface area contributed by atoms with Gasteiger partial charge >= 0.3 is 0 Å². The molecule has 0 unspecified atom stereocenters. The standard InChI is InChI=1S/C21H29FN2O3/c1-4-15(3)23-19(25)18-13-27-21(11-9-14(2)10-12-21)24(18)20(26)16-7-5-6-8-17(16)22/h5-8,14-15,18H,4,9-13H2,1-3H3,(H,23,25)/t14?,15-,18+,21?/m1/s1. The maximum absolute atomic E-state index is 14.3. The summed E-state index contributed by atoms with van der Waals surface area (Å²) >= 11 is 0. The topological polar surface area (TPSA) is 58.6 Å². The Labute approximate surface area is 160 Å². The number of carbonyl (C=O) groups is 2. The number of rotatable bonds is 4. The molecule has 3 rings (SSSR count). The van der Waals surface area contributed by atoms with E-state index in [-0.39, 0.29) is 24.1 Å². The second kappa shape index (κ2) is 7.97. The highest BCUT2D eigenvalue weighted by Crippen LogP contribution is 2.43. The molecule has 0 aromatic heterocycles. The Hall–Kier alpha value is -1.95. The molecule has 1 N–H and O–H groups in total. The Morgan fingerprint density at radius 3 is 2.63 bits per heavy atom. The smallest absolute Gasteiger partial charge is 0.259 e. The number of carbonyl (C=O) groups excluding carboxylic acids is 2. The Kier molecular flexibility index (Phi) is 5.84. The summed E-state index contributed by atoms with van der Waals surface area (Å²) in [6, 6.07) is 5.20. The van der Waals surface area contributed by atoms with Crippen LogP contribution in [0.25, 0.3) is 0 Å². The summed E-state index contributed by atoms with van der Waals surface area (Å²) in [5.74, 6) is -0.721. The second-order valence-corrected chi connectivity index (χ2v) is 7.93. The molecule has 1 spiro atoms. The van der Waals surface area contributed by atoms with Crippen LogP contribution in [0.3, 0.4) is 0 Å². The molecule has 1 saturated carbocycles. The molecule has 1 aromatic carbocycles. The fourth-order valence-electron chi connectivity index (χ4n) is 3.99. The van der Waals surface area contributed by atoms with Crippen molar-refractivity contribution in [3.8, 4) is 0 Å². The van der Waals surface area contributed by atoms with Crippen LogP contribution in [-0.2, 0) is 9.53 Å². The highest BCUT2D eigenvalue weighted by atomic mass is 19.1. The van der Waals surface area contributed by atoms with E-state index in [0.29, 0.717) is 18.8 Å². The SMILES string of the molecule is CC[C@@H](C)NC(=O)[C@@H]1COC2(CCC(C)CC2)N1C(=O)c1ccccc1F. The summed E-state index contributed by atoms with van der Waals surface area (Å²) in [6.45, 7) is 6.24. The van der Waals surface area contributed by atoms with Crippen LogP contribution in [0, 0.1) is 11.7 Å². The van der Waals surface area contributed by atoms with E-state index in [1.807, 2.05) is 13.8 Å². The molecule has 2 atom stereocenters. The molecule has 0 radical (unpaired) electrons. The van der Waals surface area contributed by atoms with Gasteiger partial charge in [0.05, 0.1) is 12.2 Å². The lowest BCUT2D eigenvalue weighted by molar-refractivity contribution is -0.128. The average molecular weight is 376 g/mol. The number of nitrogens with zero attached hydrogens (tertiary/aromatic N) is 1. The molecule has 6 heteroatoms. The Bertz CT molecular complexity index is 700. The van der Waals surface area contributed by atoms with Gasteiger partial charge in [0.1, 0.15) is 17.6 Å². The van der Waals surface area contributed by atoms with Crippen LogP contribution in [0.5, 0.6) is 0 Å². The zero-order chi connectivity index (χ0) is 19.6. The fraction of sp³-hybridized carbons (Fsp3) is 0.619. The van der Waals surface area contributed by atoms with Gasteiger partial charge in [0.25, 0.3) is 5.91 Å². The molecule has 1 saturated heterocycles. The highest BCUT2D eigenvalue weighted by molar-refractivity contribution is 5.98. The Morgan fingerprint density at radius 1 is 1.33 bits per heavy atom. The molecule has 0 bridgehead atoms. The molecule has 1 aliphatic heterocycles. The molecular weight excluding hydrogens is 347 g/mol. The summed E-state index contributed by atoms with van der Waals surface area (Å²) in [7, 11) is 0. The van der Waals surface area contributed by atoms with Gasteiger partial charge in [0.15, 0.2) is 0 Å². The van der Waals surface area contributed by atoms with Crippen molar-refractivity contribution in [3.05, 3.63) is 35.6 Å². The average Bonchev–Trinajstić information content (AvgIpc) is 3.03. The van der Waals surface area contributed by atoms with Gasteiger partial charge in [-0.05, 0) is 57.1 Å². The van der Waals surface area contributed by atoms with E-state index in [0.717, 1.165) is 19.3 Å². The third-order valence-electron chi connectivity index (χ3n) is 5.94. The molecule has 2 amide bonds. The molecule has 2 fully saturated rings. The van der Waals surface area contributed by atoms with Gasteiger partial charge in [-0.1, -0.05) is 26.0 Å². The van der Waals surface area contributed by atoms with E-state index >= 15 is 0 Å². The minimum Gasteiger partial charge on any atom is -0.353 e. The van der Waals surface area contributed by atoms with E-state index in [1.54, 1.807) is 12.1 Å². The zero-order valence-corrected chi connectivity index (χ0v) is 16.3. The summed E-state index contributed by atoms with van der Waals surface area (Å²) in [5, 5.41) is 2.95. The van der Waals surface area contributed by atoms with Crippen LogP contribution in [-0.4, -0.2) is 41.1 Å². The minimum absolute atomic E-state index is 0.00541. The van der Waals surface area contributed by atoms with Gasteiger partial charge in [0.2, 0.25) is 5.91 Å². The summed E-state index contributed by atoms with van der Waals surface area (Å²) in [4.78, 5) is 27.7. The van der Waals surface area contributed by atoms with Crippen LogP contribution in [0.2, 0.25) is 0 Å². The monoisotopic (exact) mass is 376 g/mol. The Balaban J connectivity index is 1.93. The molecule has 27 heavy (non-hydrogen) atoms. The van der Waals surface area contributed by atoms with Crippen molar-refractivity contribution in [2.45, 2.75) is 70.7 Å². The van der Waals surface area contributed by atoms with Gasteiger partial charge < -0.3 is 10.1 Å².